The topological polar surface area (TPSA) is 62.7 Å². The van der Waals surface area contributed by atoms with E-state index in [2.05, 4.69) is 4.98 Å². The molecule has 2 rings (SSSR count). The Morgan fingerprint density at radius 1 is 1.45 bits per heavy atom. The van der Waals surface area contributed by atoms with E-state index < -0.39 is 12.0 Å². The number of hydrogen-bond acceptors (Lipinski definition) is 5. The number of ether oxygens (including phenoxy) is 1. The van der Waals surface area contributed by atoms with E-state index >= 15 is 0 Å². The number of rotatable bonds is 7. The predicted molar refractivity (Wildman–Crippen MR) is 81.4 cm³/mol. The Morgan fingerprint density at radius 3 is 2.77 bits per heavy atom. The summed E-state index contributed by atoms with van der Waals surface area (Å²) < 4.78 is 18.3. The number of carbonyl (C=O) groups is 1. The summed E-state index contributed by atoms with van der Waals surface area (Å²) in [6.07, 6.45) is 0. The van der Waals surface area contributed by atoms with E-state index in [1.165, 1.54) is 23.5 Å². The molecular weight excluding hydrogens is 307 g/mol. The van der Waals surface area contributed by atoms with E-state index in [1.54, 1.807) is 31.0 Å². The molecule has 0 radical (unpaired) electrons. The number of carboxylic acid groups (broad SMARTS) is 1. The zero-order valence-corrected chi connectivity index (χ0v) is 13.1. The first-order valence-electron chi connectivity index (χ1n) is 6.70. The Kier molecular flexibility index (Phi) is 5.46. The Morgan fingerprint density at radius 2 is 2.14 bits per heavy atom. The zero-order chi connectivity index (χ0) is 16.1. The lowest BCUT2D eigenvalue weighted by Gasteiger charge is -2.19. The molecule has 0 saturated heterocycles. The van der Waals surface area contributed by atoms with Gasteiger partial charge in [0.25, 0.3) is 0 Å². The maximum Gasteiger partial charge on any atom is 0.320 e. The molecule has 0 saturated carbocycles. The summed E-state index contributed by atoms with van der Waals surface area (Å²) in [5.74, 6) is -0.591. The Labute approximate surface area is 132 Å². The molecule has 118 valence electrons. The van der Waals surface area contributed by atoms with Gasteiger partial charge in [-0.15, -0.1) is 11.3 Å². The van der Waals surface area contributed by atoms with Crippen molar-refractivity contribution < 1.29 is 19.0 Å². The highest BCUT2D eigenvalue weighted by Gasteiger charge is 2.17. The number of aromatic nitrogens is 1. The van der Waals surface area contributed by atoms with Crippen molar-refractivity contribution in [3.63, 3.8) is 0 Å². The maximum atomic E-state index is 12.8. The second-order valence-electron chi connectivity index (χ2n) is 4.90. The van der Waals surface area contributed by atoms with Crippen LogP contribution in [0.1, 0.15) is 17.6 Å². The van der Waals surface area contributed by atoms with E-state index in [4.69, 9.17) is 9.84 Å². The lowest BCUT2D eigenvalue weighted by atomic mass is 10.3. The minimum atomic E-state index is -0.863. The van der Waals surface area contributed by atoms with Gasteiger partial charge in [-0.3, -0.25) is 9.69 Å². The van der Waals surface area contributed by atoms with Crippen molar-refractivity contribution in [3.8, 4) is 5.75 Å². The average Bonchev–Trinajstić information content (AvgIpc) is 2.93. The molecule has 0 aliphatic carbocycles. The molecule has 2 aromatic rings. The van der Waals surface area contributed by atoms with Gasteiger partial charge in [0.1, 0.15) is 29.2 Å². The van der Waals surface area contributed by atoms with Crippen LogP contribution < -0.4 is 4.74 Å². The molecule has 1 aromatic heterocycles. The fourth-order valence-electron chi connectivity index (χ4n) is 1.74. The number of aliphatic carboxylic acids is 1. The first-order valence-corrected chi connectivity index (χ1v) is 7.58. The van der Waals surface area contributed by atoms with Gasteiger partial charge in [0.2, 0.25) is 0 Å². The van der Waals surface area contributed by atoms with Crippen molar-refractivity contribution in [1.82, 2.24) is 9.88 Å². The van der Waals surface area contributed by atoms with Gasteiger partial charge in [0.05, 0.1) is 5.69 Å². The molecule has 1 N–H and O–H groups in total. The van der Waals surface area contributed by atoms with Gasteiger partial charge in [-0.25, -0.2) is 9.37 Å². The van der Waals surface area contributed by atoms with Crippen molar-refractivity contribution in [2.24, 2.45) is 0 Å². The molecule has 0 spiro atoms. The first kappa shape index (κ1) is 16.4. The van der Waals surface area contributed by atoms with Gasteiger partial charge in [-0.05, 0) is 38.2 Å². The van der Waals surface area contributed by atoms with Gasteiger partial charge in [-0.1, -0.05) is 0 Å². The van der Waals surface area contributed by atoms with Gasteiger partial charge in [0.15, 0.2) is 0 Å². The largest absolute Gasteiger partial charge is 0.486 e. The van der Waals surface area contributed by atoms with Gasteiger partial charge < -0.3 is 9.84 Å². The standard InChI is InChI=1S/C15H17FN2O3S/c1-10(15(19)20)18(2)7-12-9-22-14(17-12)8-21-13-5-3-11(16)4-6-13/h3-6,9-10H,7-8H2,1-2H3,(H,19,20). The average molecular weight is 324 g/mol. The summed E-state index contributed by atoms with van der Waals surface area (Å²) in [5.41, 5.74) is 0.804. The van der Waals surface area contributed by atoms with Crippen molar-refractivity contribution in [3.05, 3.63) is 46.2 Å². The van der Waals surface area contributed by atoms with Crippen LogP contribution in [0.15, 0.2) is 29.6 Å². The third-order valence-electron chi connectivity index (χ3n) is 3.21. The number of likely N-dealkylation sites (N-methyl/N-ethyl adjacent to an activating group) is 1. The molecule has 1 unspecified atom stereocenters. The molecule has 0 aliphatic heterocycles. The SMILES string of the molecule is CC(C(=O)O)N(C)Cc1csc(COc2ccc(F)cc2)n1. The van der Waals surface area contributed by atoms with Crippen molar-refractivity contribution in [2.45, 2.75) is 26.1 Å². The van der Waals surface area contributed by atoms with Crippen LogP contribution in [0.25, 0.3) is 0 Å². The van der Waals surface area contributed by atoms with Gasteiger partial charge in [-0.2, -0.15) is 0 Å². The van der Waals surface area contributed by atoms with Crippen molar-refractivity contribution in [2.75, 3.05) is 7.05 Å². The number of nitrogens with zero attached hydrogens (tertiary/aromatic N) is 2. The smallest absolute Gasteiger partial charge is 0.320 e. The second kappa shape index (κ2) is 7.33. The first-order chi connectivity index (χ1) is 10.5. The summed E-state index contributed by atoms with van der Waals surface area (Å²) >= 11 is 1.45. The third kappa shape index (κ3) is 4.51. The molecule has 1 aromatic carbocycles. The normalized spacial score (nSPS) is 12.4. The summed E-state index contributed by atoms with van der Waals surface area (Å²) in [5, 5.41) is 11.6. The Balaban J connectivity index is 1.88. The van der Waals surface area contributed by atoms with Crippen molar-refractivity contribution in [1.29, 1.82) is 0 Å². The third-order valence-corrected chi connectivity index (χ3v) is 4.08. The molecule has 0 bridgehead atoms. The molecule has 7 heteroatoms. The molecule has 22 heavy (non-hydrogen) atoms. The van der Waals surface area contributed by atoms with Gasteiger partial charge in [0, 0.05) is 11.9 Å². The molecule has 0 fully saturated rings. The number of thiazole rings is 1. The van der Waals surface area contributed by atoms with E-state index in [1.807, 2.05) is 5.38 Å². The van der Waals surface area contributed by atoms with Gasteiger partial charge >= 0.3 is 5.97 Å². The highest BCUT2D eigenvalue weighted by Crippen LogP contribution is 2.17. The van der Waals surface area contributed by atoms with Crippen LogP contribution in [0.3, 0.4) is 0 Å². The van der Waals surface area contributed by atoms with E-state index in [-0.39, 0.29) is 5.82 Å². The van der Waals surface area contributed by atoms with Crippen LogP contribution in [-0.2, 0) is 17.9 Å². The fraction of sp³-hybridized carbons (Fsp3) is 0.333. The quantitative estimate of drug-likeness (QED) is 0.848. The van der Waals surface area contributed by atoms with E-state index in [9.17, 15) is 9.18 Å². The number of hydrogen-bond donors (Lipinski definition) is 1. The molecule has 5 nitrogen and oxygen atoms in total. The zero-order valence-electron chi connectivity index (χ0n) is 12.3. The summed E-state index contributed by atoms with van der Waals surface area (Å²) in [6, 6.07) is 5.23. The van der Waals surface area contributed by atoms with Crippen LogP contribution >= 0.6 is 11.3 Å². The highest BCUT2D eigenvalue weighted by atomic mass is 32.1. The maximum absolute atomic E-state index is 12.8. The van der Waals surface area contributed by atoms with E-state index in [0.29, 0.717) is 18.9 Å². The second-order valence-corrected chi connectivity index (χ2v) is 5.85. The van der Waals surface area contributed by atoms with Crippen LogP contribution in [0.5, 0.6) is 5.75 Å². The number of halogens is 1. The Bertz CT molecular complexity index is 630. The Hall–Kier alpha value is -1.99. The van der Waals surface area contributed by atoms with Crippen molar-refractivity contribution >= 4 is 17.3 Å². The molecule has 1 heterocycles. The molecule has 1 atom stereocenters. The van der Waals surface area contributed by atoms with Crippen LogP contribution in [0.4, 0.5) is 4.39 Å². The summed E-state index contributed by atoms with van der Waals surface area (Å²) in [7, 11) is 1.74. The summed E-state index contributed by atoms with van der Waals surface area (Å²) in [6.45, 7) is 2.39. The van der Waals surface area contributed by atoms with E-state index in [0.717, 1.165) is 10.7 Å². The molecule has 0 amide bonds. The number of benzene rings is 1. The molecule has 0 aliphatic rings. The lowest BCUT2D eigenvalue weighted by molar-refractivity contribution is -0.142. The minimum absolute atomic E-state index is 0.300. The summed E-state index contributed by atoms with van der Waals surface area (Å²) in [4.78, 5) is 17.0. The van der Waals surface area contributed by atoms with Crippen LogP contribution in [-0.4, -0.2) is 34.0 Å². The van der Waals surface area contributed by atoms with Crippen LogP contribution in [0, 0.1) is 5.82 Å². The fourth-order valence-corrected chi connectivity index (χ4v) is 2.44. The molecular formula is C15H17FN2O3S. The number of carboxylic acids is 1. The predicted octanol–water partition coefficient (Wildman–Crippen LogP) is 2.77. The minimum Gasteiger partial charge on any atom is -0.486 e. The monoisotopic (exact) mass is 324 g/mol. The van der Waals surface area contributed by atoms with Crippen LogP contribution in [0.2, 0.25) is 0 Å². The lowest BCUT2D eigenvalue weighted by Crippen LogP contribution is -2.35. The highest BCUT2D eigenvalue weighted by molar-refractivity contribution is 7.09.